The number of hydrogen-bond acceptors (Lipinski definition) is 1. The van der Waals surface area contributed by atoms with Gasteiger partial charge in [0, 0.05) is 0 Å². The number of alkyl halides is 1. The van der Waals surface area contributed by atoms with Gasteiger partial charge >= 0.3 is 0 Å². The molecule has 2 aromatic rings. The maximum atomic E-state index is 12.2. The molecule has 0 spiro atoms. The Morgan fingerprint density at radius 1 is 0.667 bits per heavy atom. The van der Waals surface area contributed by atoms with Crippen molar-refractivity contribution in [1.82, 2.24) is 0 Å². The van der Waals surface area contributed by atoms with Crippen molar-refractivity contribution in [3.63, 3.8) is 0 Å². The summed E-state index contributed by atoms with van der Waals surface area (Å²) in [6.45, 7) is -0.137. The molecule has 2 aliphatic rings. The molecule has 0 radical (unpaired) electrons. The van der Waals surface area contributed by atoms with E-state index in [0.29, 0.717) is 0 Å². The Kier molecular flexibility index (Phi) is 9.26. The molecule has 0 atom stereocenters. The number of halogens is 1. The van der Waals surface area contributed by atoms with Crippen molar-refractivity contribution in [2.75, 3.05) is 13.8 Å². The number of unbranched alkanes of at least 4 members (excludes halogenated alkanes) is 3. The van der Waals surface area contributed by atoms with Gasteiger partial charge in [-0.05, 0) is 97.4 Å². The molecule has 2 saturated carbocycles. The van der Waals surface area contributed by atoms with Gasteiger partial charge in [-0.1, -0.05) is 74.9 Å². The third kappa shape index (κ3) is 6.84. The van der Waals surface area contributed by atoms with Crippen LogP contribution in [0.3, 0.4) is 0 Å². The monoisotopic (exact) mass is 450 g/mol. The van der Waals surface area contributed by atoms with Crippen LogP contribution in [0.2, 0.25) is 0 Å². The molecule has 0 aromatic heterocycles. The molecular formula is C31H43FO. The molecule has 33 heavy (non-hydrogen) atoms. The topological polar surface area (TPSA) is 9.23 Å². The number of methoxy groups -OCH3 is 1. The van der Waals surface area contributed by atoms with Crippen LogP contribution in [0.5, 0.6) is 5.75 Å². The van der Waals surface area contributed by atoms with E-state index in [1.54, 1.807) is 7.11 Å². The van der Waals surface area contributed by atoms with Gasteiger partial charge in [-0.25, -0.2) is 0 Å². The van der Waals surface area contributed by atoms with Crippen LogP contribution in [-0.2, 0) is 0 Å². The van der Waals surface area contributed by atoms with Crippen molar-refractivity contribution < 1.29 is 9.13 Å². The van der Waals surface area contributed by atoms with E-state index in [0.717, 1.165) is 42.3 Å². The van der Waals surface area contributed by atoms with Crippen LogP contribution in [0.25, 0.3) is 11.1 Å². The molecule has 4 rings (SSSR count). The van der Waals surface area contributed by atoms with Crippen molar-refractivity contribution in [1.29, 1.82) is 0 Å². The second-order valence-electron chi connectivity index (χ2n) is 10.6. The molecule has 2 fully saturated rings. The molecule has 0 heterocycles. The fourth-order valence-electron chi connectivity index (χ4n) is 6.48. The highest BCUT2D eigenvalue weighted by Gasteiger charge is 2.31. The van der Waals surface area contributed by atoms with Gasteiger partial charge in [0.15, 0.2) is 0 Å². The van der Waals surface area contributed by atoms with Crippen LogP contribution >= 0.6 is 0 Å². The van der Waals surface area contributed by atoms with Crippen LogP contribution in [0.1, 0.15) is 95.0 Å². The van der Waals surface area contributed by atoms with E-state index in [9.17, 15) is 4.39 Å². The molecule has 0 unspecified atom stereocenters. The molecule has 180 valence electrons. The zero-order valence-corrected chi connectivity index (χ0v) is 20.6. The van der Waals surface area contributed by atoms with Gasteiger partial charge in [-0.15, -0.1) is 0 Å². The van der Waals surface area contributed by atoms with Gasteiger partial charge in [0.1, 0.15) is 5.75 Å². The van der Waals surface area contributed by atoms with Gasteiger partial charge in [0.25, 0.3) is 0 Å². The van der Waals surface area contributed by atoms with Crippen molar-refractivity contribution in [2.24, 2.45) is 17.8 Å². The lowest BCUT2D eigenvalue weighted by atomic mass is 9.68. The lowest BCUT2D eigenvalue weighted by Gasteiger charge is -2.38. The van der Waals surface area contributed by atoms with Crippen molar-refractivity contribution in [2.45, 2.75) is 89.4 Å². The Bertz CT molecular complexity index is 796. The molecule has 2 aliphatic carbocycles. The fourth-order valence-corrected chi connectivity index (χ4v) is 6.48. The quantitative estimate of drug-likeness (QED) is 0.328. The van der Waals surface area contributed by atoms with Crippen LogP contribution < -0.4 is 4.74 Å². The number of ether oxygens (including phenoxy) is 1. The zero-order chi connectivity index (χ0) is 22.9. The number of hydrogen-bond donors (Lipinski definition) is 0. The molecule has 2 aromatic carbocycles. The molecular weight excluding hydrogens is 407 g/mol. The third-order valence-corrected chi connectivity index (χ3v) is 8.63. The Hall–Kier alpha value is -1.83. The van der Waals surface area contributed by atoms with E-state index in [1.807, 2.05) is 12.1 Å². The second kappa shape index (κ2) is 12.6. The highest BCUT2D eigenvalue weighted by atomic mass is 19.1. The summed E-state index contributed by atoms with van der Waals surface area (Å²) < 4.78 is 17.5. The van der Waals surface area contributed by atoms with Gasteiger partial charge < -0.3 is 4.74 Å². The molecule has 1 nitrogen and oxygen atoms in total. The lowest BCUT2D eigenvalue weighted by molar-refractivity contribution is 0.155. The molecule has 2 heteroatoms. The van der Waals surface area contributed by atoms with E-state index in [4.69, 9.17) is 4.74 Å². The predicted octanol–water partition coefficient (Wildman–Crippen LogP) is 9.36. The average Bonchev–Trinajstić information content (AvgIpc) is 2.89. The summed E-state index contributed by atoms with van der Waals surface area (Å²) in [6.07, 6.45) is 17.2. The van der Waals surface area contributed by atoms with Crippen molar-refractivity contribution in [3.05, 3.63) is 54.1 Å². The largest absolute Gasteiger partial charge is 0.497 e. The van der Waals surface area contributed by atoms with Crippen molar-refractivity contribution in [3.8, 4) is 16.9 Å². The Morgan fingerprint density at radius 2 is 1.21 bits per heavy atom. The van der Waals surface area contributed by atoms with Crippen LogP contribution in [0, 0.1) is 17.8 Å². The summed E-state index contributed by atoms with van der Waals surface area (Å²) in [6, 6.07) is 17.7. The van der Waals surface area contributed by atoms with E-state index >= 15 is 0 Å². The number of rotatable bonds is 10. The van der Waals surface area contributed by atoms with Gasteiger partial charge in [-0.2, -0.15) is 0 Å². The summed E-state index contributed by atoms with van der Waals surface area (Å²) in [5.41, 5.74) is 4.07. The average molecular weight is 451 g/mol. The maximum Gasteiger partial charge on any atom is 0.118 e. The molecule has 0 saturated heterocycles. The Balaban J connectivity index is 1.19. The summed E-state index contributed by atoms with van der Waals surface area (Å²) >= 11 is 0. The number of benzene rings is 2. The first-order valence-corrected chi connectivity index (χ1v) is 13.6. The SMILES string of the molecule is COc1ccc(-c2ccc(C3CCC(C4CCC(CCCCCCF)CC4)CC3)cc2)cc1. The van der Waals surface area contributed by atoms with Crippen LogP contribution in [0.15, 0.2) is 48.5 Å². The minimum absolute atomic E-state index is 0.137. The molecule has 0 N–H and O–H groups in total. The fraction of sp³-hybridized carbons (Fsp3) is 0.613. The van der Waals surface area contributed by atoms with Crippen molar-refractivity contribution >= 4 is 0 Å². The first-order valence-electron chi connectivity index (χ1n) is 13.6. The summed E-state index contributed by atoms with van der Waals surface area (Å²) in [5, 5.41) is 0. The molecule has 0 amide bonds. The minimum Gasteiger partial charge on any atom is -0.497 e. The normalized spacial score (nSPS) is 25.6. The predicted molar refractivity (Wildman–Crippen MR) is 138 cm³/mol. The second-order valence-corrected chi connectivity index (χ2v) is 10.6. The summed E-state index contributed by atoms with van der Waals surface area (Å²) in [4.78, 5) is 0. The Morgan fingerprint density at radius 3 is 1.79 bits per heavy atom. The standard InChI is InChI=1S/C31H43FO/c1-33-31-21-19-30(20-22-31)29-17-15-28(16-18-29)27-13-11-26(12-14-27)25-9-7-24(8-10-25)6-4-2-3-5-23-32/h15-22,24-27H,2-14,23H2,1H3. The van der Waals surface area contributed by atoms with Gasteiger partial charge in [0.2, 0.25) is 0 Å². The first kappa shape index (κ1) is 24.3. The highest BCUT2D eigenvalue weighted by Crippen LogP contribution is 2.44. The smallest absolute Gasteiger partial charge is 0.118 e. The molecule has 0 bridgehead atoms. The Labute approximate surface area is 201 Å². The molecule has 0 aliphatic heterocycles. The van der Waals surface area contributed by atoms with E-state index in [2.05, 4.69) is 36.4 Å². The van der Waals surface area contributed by atoms with E-state index in [1.165, 1.54) is 87.3 Å². The highest BCUT2D eigenvalue weighted by molar-refractivity contribution is 5.64. The van der Waals surface area contributed by atoms with E-state index < -0.39 is 0 Å². The first-order chi connectivity index (χ1) is 16.3. The van der Waals surface area contributed by atoms with Gasteiger partial charge in [-0.3, -0.25) is 4.39 Å². The minimum atomic E-state index is -0.137. The summed E-state index contributed by atoms with van der Waals surface area (Å²) in [5.74, 6) is 4.54. The lowest BCUT2D eigenvalue weighted by Crippen LogP contribution is -2.25. The third-order valence-electron chi connectivity index (χ3n) is 8.63. The maximum absolute atomic E-state index is 12.2. The summed E-state index contributed by atoms with van der Waals surface area (Å²) in [7, 11) is 1.71. The zero-order valence-electron chi connectivity index (χ0n) is 20.6. The van der Waals surface area contributed by atoms with Crippen LogP contribution in [-0.4, -0.2) is 13.8 Å². The van der Waals surface area contributed by atoms with E-state index in [-0.39, 0.29) is 6.67 Å². The van der Waals surface area contributed by atoms with Gasteiger partial charge in [0.05, 0.1) is 13.8 Å². The van der Waals surface area contributed by atoms with Crippen LogP contribution in [0.4, 0.5) is 4.39 Å².